The van der Waals surface area contributed by atoms with Crippen molar-refractivity contribution in [2.45, 2.75) is 40.3 Å². The molecule has 0 heterocycles. The Hall–Kier alpha value is -2.63. The van der Waals surface area contributed by atoms with Crippen molar-refractivity contribution in [2.75, 3.05) is 20.1 Å². The van der Waals surface area contributed by atoms with E-state index in [9.17, 15) is 14.4 Å². The van der Waals surface area contributed by atoms with Gasteiger partial charge in [-0.05, 0) is 25.3 Å². The number of amides is 3. The summed E-state index contributed by atoms with van der Waals surface area (Å²) in [7, 11) is 1.69. The van der Waals surface area contributed by atoms with E-state index < -0.39 is 0 Å². The number of nitrogens with one attached hydrogen (secondary N) is 1. The fourth-order valence-electron chi connectivity index (χ4n) is 2.88. The Balaban J connectivity index is 2.93. The molecule has 0 aliphatic heterocycles. The van der Waals surface area contributed by atoms with Crippen LogP contribution in [0.1, 0.15) is 33.3 Å². The molecule has 1 aromatic rings. The minimum atomic E-state index is -0.231. The summed E-state index contributed by atoms with van der Waals surface area (Å²) in [6.45, 7) is 8.82. The third kappa shape index (κ3) is 6.89. The van der Waals surface area contributed by atoms with Crippen molar-refractivity contribution in [1.82, 2.24) is 15.1 Å². The number of hydrogen-bond acceptors (Lipinski definition) is 3. The second-order valence-corrected chi connectivity index (χ2v) is 6.89. The normalized spacial score (nSPS) is 12.4. The lowest BCUT2D eigenvalue weighted by molar-refractivity contribution is -0.132. The van der Waals surface area contributed by atoms with Crippen LogP contribution < -0.4 is 5.32 Å². The minimum Gasteiger partial charge on any atom is -0.350 e. The quantitative estimate of drug-likeness (QED) is 0.505. The number of carbonyl (C=O) groups is 3. The minimum absolute atomic E-state index is 0.0427. The van der Waals surface area contributed by atoms with Gasteiger partial charge in [-0.1, -0.05) is 50.3 Å². The molecule has 1 rings (SSSR count). The lowest BCUT2D eigenvalue weighted by Gasteiger charge is -2.30. The van der Waals surface area contributed by atoms with Crippen molar-refractivity contribution < 1.29 is 14.4 Å². The molecule has 0 aliphatic carbocycles. The largest absolute Gasteiger partial charge is 0.350 e. The van der Waals surface area contributed by atoms with Gasteiger partial charge in [-0.25, -0.2) is 0 Å². The first kappa shape index (κ1) is 22.4. The highest BCUT2D eigenvalue weighted by Gasteiger charge is 2.23. The molecule has 27 heavy (non-hydrogen) atoms. The number of benzene rings is 1. The first-order chi connectivity index (χ1) is 12.8. The second kappa shape index (κ2) is 11.2. The molecule has 148 valence electrons. The van der Waals surface area contributed by atoms with Crippen molar-refractivity contribution in [3.63, 3.8) is 0 Å². The van der Waals surface area contributed by atoms with E-state index in [1.54, 1.807) is 23.8 Å². The zero-order valence-electron chi connectivity index (χ0n) is 16.9. The maximum Gasteiger partial charge on any atom is 0.249 e. The summed E-state index contributed by atoms with van der Waals surface area (Å²) in [6.07, 6.45) is 2.35. The number of carbonyl (C=O) groups excluding carboxylic acids is 3. The molecule has 0 saturated heterocycles. The van der Waals surface area contributed by atoms with Crippen molar-refractivity contribution in [1.29, 1.82) is 0 Å². The first-order valence-corrected chi connectivity index (χ1v) is 9.26. The average Bonchev–Trinajstić information content (AvgIpc) is 2.67. The van der Waals surface area contributed by atoms with Crippen molar-refractivity contribution in [3.05, 3.63) is 47.5 Å². The molecule has 0 unspecified atom stereocenters. The lowest BCUT2D eigenvalue weighted by atomic mass is 9.99. The molecule has 0 spiro atoms. The Morgan fingerprint density at radius 2 is 1.81 bits per heavy atom. The summed E-state index contributed by atoms with van der Waals surface area (Å²) in [5.41, 5.74) is 1.68. The summed E-state index contributed by atoms with van der Waals surface area (Å²) in [5, 5.41) is 2.39. The Labute approximate surface area is 162 Å². The molecular formula is C21H31N3O3. The van der Waals surface area contributed by atoms with Gasteiger partial charge in [0.1, 0.15) is 0 Å². The van der Waals surface area contributed by atoms with Crippen LogP contribution in [0, 0.1) is 5.92 Å². The molecule has 0 saturated carbocycles. The van der Waals surface area contributed by atoms with E-state index in [-0.39, 0.29) is 30.3 Å². The SMILES string of the molecule is CCN(Cc1ccccc1)C(=O)/C(C)=C/[C@H](C(C)C)N(C)C(=O)CNC=O. The van der Waals surface area contributed by atoms with E-state index in [1.165, 1.54) is 0 Å². The fourth-order valence-corrected chi connectivity index (χ4v) is 2.88. The maximum atomic E-state index is 12.9. The maximum absolute atomic E-state index is 12.9. The van der Waals surface area contributed by atoms with Crippen LogP contribution in [0.25, 0.3) is 0 Å². The third-order valence-corrected chi connectivity index (χ3v) is 4.50. The van der Waals surface area contributed by atoms with Gasteiger partial charge in [0, 0.05) is 25.7 Å². The summed E-state index contributed by atoms with van der Waals surface area (Å²) < 4.78 is 0. The van der Waals surface area contributed by atoms with E-state index >= 15 is 0 Å². The summed E-state index contributed by atoms with van der Waals surface area (Å²) in [6, 6.07) is 9.63. The molecular weight excluding hydrogens is 342 g/mol. The van der Waals surface area contributed by atoms with Crippen molar-refractivity contribution in [2.24, 2.45) is 5.92 Å². The van der Waals surface area contributed by atoms with Crippen LogP contribution in [0.2, 0.25) is 0 Å². The van der Waals surface area contributed by atoms with Gasteiger partial charge in [-0.3, -0.25) is 14.4 Å². The molecule has 0 radical (unpaired) electrons. The highest BCUT2D eigenvalue weighted by atomic mass is 16.2. The Kier molecular flexibility index (Phi) is 9.26. The topological polar surface area (TPSA) is 69.7 Å². The van der Waals surface area contributed by atoms with E-state index in [0.29, 0.717) is 25.1 Å². The first-order valence-electron chi connectivity index (χ1n) is 9.26. The smallest absolute Gasteiger partial charge is 0.249 e. The number of hydrogen-bond donors (Lipinski definition) is 1. The van der Waals surface area contributed by atoms with Gasteiger partial charge in [0.25, 0.3) is 0 Å². The number of nitrogens with zero attached hydrogens (tertiary/aromatic N) is 2. The highest BCUT2D eigenvalue weighted by Crippen LogP contribution is 2.15. The van der Waals surface area contributed by atoms with Crippen LogP contribution in [0.15, 0.2) is 42.0 Å². The number of likely N-dealkylation sites (N-methyl/N-ethyl adjacent to an activating group) is 2. The van der Waals surface area contributed by atoms with Gasteiger partial charge in [-0.15, -0.1) is 0 Å². The average molecular weight is 373 g/mol. The summed E-state index contributed by atoms with van der Waals surface area (Å²) in [4.78, 5) is 38.9. The van der Waals surface area contributed by atoms with Gasteiger partial charge < -0.3 is 15.1 Å². The zero-order chi connectivity index (χ0) is 20.4. The molecule has 0 fully saturated rings. The molecule has 1 aromatic carbocycles. The predicted molar refractivity (Wildman–Crippen MR) is 107 cm³/mol. The van der Waals surface area contributed by atoms with Gasteiger partial charge in [0.2, 0.25) is 18.2 Å². The van der Waals surface area contributed by atoms with Crippen LogP contribution in [-0.2, 0) is 20.9 Å². The highest BCUT2D eigenvalue weighted by molar-refractivity contribution is 5.93. The Morgan fingerprint density at radius 1 is 1.19 bits per heavy atom. The van der Waals surface area contributed by atoms with Crippen LogP contribution in [0.5, 0.6) is 0 Å². The standard InChI is InChI=1S/C21H31N3O3/c1-6-24(14-18-10-8-7-9-11-18)21(27)17(4)12-19(16(2)3)23(5)20(26)13-22-15-25/h7-12,15-16,19H,6,13-14H2,1-5H3,(H,22,25)/b17-12+/t19-/m1/s1. The van der Waals surface area contributed by atoms with E-state index in [0.717, 1.165) is 5.56 Å². The molecule has 0 aromatic heterocycles. The molecule has 0 aliphatic rings. The van der Waals surface area contributed by atoms with Crippen LogP contribution in [-0.4, -0.2) is 54.2 Å². The molecule has 6 heteroatoms. The van der Waals surface area contributed by atoms with Crippen LogP contribution in [0.3, 0.4) is 0 Å². The molecule has 1 N–H and O–H groups in total. The Morgan fingerprint density at radius 3 is 2.33 bits per heavy atom. The predicted octanol–water partition coefficient (Wildman–Crippen LogP) is 2.21. The summed E-state index contributed by atoms with van der Waals surface area (Å²) >= 11 is 0. The zero-order valence-corrected chi connectivity index (χ0v) is 16.9. The molecule has 3 amide bonds. The van der Waals surface area contributed by atoms with E-state index in [2.05, 4.69) is 5.32 Å². The second-order valence-electron chi connectivity index (χ2n) is 6.89. The van der Waals surface area contributed by atoms with Gasteiger partial charge >= 0.3 is 0 Å². The monoisotopic (exact) mass is 373 g/mol. The molecule has 0 bridgehead atoms. The van der Waals surface area contributed by atoms with Crippen LogP contribution in [0.4, 0.5) is 0 Å². The lowest BCUT2D eigenvalue weighted by Crippen LogP contribution is -2.44. The van der Waals surface area contributed by atoms with Gasteiger partial charge in [-0.2, -0.15) is 0 Å². The van der Waals surface area contributed by atoms with E-state index in [4.69, 9.17) is 0 Å². The summed E-state index contributed by atoms with van der Waals surface area (Å²) in [5.74, 6) is -0.116. The van der Waals surface area contributed by atoms with Gasteiger partial charge in [0.15, 0.2) is 0 Å². The fraction of sp³-hybridized carbons (Fsp3) is 0.476. The number of rotatable bonds is 10. The van der Waals surface area contributed by atoms with Crippen molar-refractivity contribution >= 4 is 18.2 Å². The Bertz CT molecular complexity index is 656. The van der Waals surface area contributed by atoms with Crippen molar-refractivity contribution in [3.8, 4) is 0 Å². The third-order valence-electron chi connectivity index (χ3n) is 4.50. The molecule has 6 nitrogen and oxygen atoms in total. The van der Waals surface area contributed by atoms with E-state index in [1.807, 2.05) is 57.2 Å². The van der Waals surface area contributed by atoms with Crippen LogP contribution >= 0.6 is 0 Å². The van der Waals surface area contributed by atoms with Gasteiger partial charge in [0.05, 0.1) is 12.6 Å². The molecule has 1 atom stereocenters.